The van der Waals surface area contributed by atoms with Crippen molar-refractivity contribution in [2.24, 2.45) is 5.92 Å². The second-order valence-corrected chi connectivity index (χ2v) is 5.04. The van der Waals surface area contributed by atoms with E-state index in [0.29, 0.717) is 11.6 Å². The lowest BCUT2D eigenvalue weighted by Gasteiger charge is -2.22. The lowest BCUT2D eigenvalue weighted by atomic mass is 10.2. The minimum Gasteiger partial charge on any atom is -0.481 e. The Hall–Kier alpha value is -1.24. The van der Waals surface area contributed by atoms with Crippen molar-refractivity contribution >= 4 is 29.5 Å². The van der Waals surface area contributed by atoms with Crippen LogP contribution in [0.1, 0.15) is 6.92 Å². The number of hydrogen-bond acceptors (Lipinski definition) is 4. The summed E-state index contributed by atoms with van der Waals surface area (Å²) in [5.41, 5.74) is 0. The molecule has 1 atom stereocenters. The minimum atomic E-state index is -0.933. The number of rotatable bonds is 5. The van der Waals surface area contributed by atoms with Crippen molar-refractivity contribution in [3.63, 3.8) is 0 Å². The zero-order chi connectivity index (χ0) is 13.0. The van der Waals surface area contributed by atoms with Gasteiger partial charge in [0.25, 0.3) is 0 Å². The molecule has 1 fully saturated rings. The Balaban J connectivity index is 2.41. The third-order valence-corrected chi connectivity index (χ3v) is 3.49. The molecule has 0 saturated carbocycles. The summed E-state index contributed by atoms with van der Waals surface area (Å²) in [5, 5.41) is 8.73. The predicted molar refractivity (Wildman–Crippen MR) is 63.5 cm³/mol. The van der Waals surface area contributed by atoms with Crippen LogP contribution in [0.3, 0.4) is 0 Å². The number of amides is 2. The molecular formula is C10H16N2O4S. The fourth-order valence-corrected chi connectivity index (χ4v) is 2.32. The summed E-state index contributed by atoms with van der Waals surface area (Å²) in [5.74, 6) is -0.850. The zero-order valence-corrected chi connectivity index (χ0v) is 10.7. The quantitative estimate of drug-likeness (QED) is 0.734. The average Bonchev–Trinajstić information content (AvgIpc) is 2.64. The van der Waals surface area contributed by atoms with Crippen LogP contribution < -0.4 is 0 Å². The van der Waals surface area contributed by atoms with Gasteiger partial charge >= 0.3 is 5.97 Å². The van der Waals surface area contributed by atoms with E-state index >= 15 is 0 Å². The van der Waals surface area contributed by atoms with Crippen LogP contribution in [0, 0.1) is 5.92 Å². The summed E-state index contributed by atoms with van der Waals surface area (Å²) < 4.78 is 0. The van der Waals surface area contributed by atoms with Gasteiger partial charge < -0.3 is 14.9 Å². The number of carboxylic acids is 1. The van der Waals surface area contributed by atoms with Gasteiger partial charge in [-0.3, -0.25) is 14.4 Å². The van der Waals surface area contributed by atoms with Gasteiger partial charge in [0, 0.05) is 13.6 Å². The van der Waals surface area contributed by atoms with E-state index in [2.05, 4.69) is 0 Å². The maximum absolute atomic E-state index is 11.7. The number of likely N-dealkylation sites (N-methyl/N-ethyl adjacent to an activating group) is 1. The molecule has 0 aliphatic carbocycles. The predicted octanol–water partition coefficient (Wildman–Crippen LogP) is -0.302. The second-order valence-electron chi connectivity index (χ2n) is 4.08. The molecule has 0 spiro atoms. The molecule has 7 heteroatoms. The van der Waals surface area contributed by atoms with E-state index < -0.39 is 11.9 Å². The fraction of sp³-hybridized carbons (Fsp3) is 0.700. The second kappa shape index (κ2) is 5.90. The van der Waals surface area contributed by atoms with Crippen molar-refractivity contribution in [2.75, 3.05) is 31.8 Å². The minimum absolute atomic E-state index is 0.0364. The first-order valence-corrected chi connectivity index (χ1v) is 6.39. The highest BCUT2D eigenvalue weighted by Crippen LogP contribution is 2.14. The van der Waals surface area contributed by atoms with E-state index in [4.69, 9.17) is 5.11 Å². The Morgan fingerprint density at radius 3 is 2.71 bits per heavy atom. The highest BCUT2D eigenvalue weighted by molar-refractivity contribution is 8.00. The van der Waals surface area contributed by atoms with Gasteiger partial charge in [0.1, 0.15) is 6.54 Å². The number of carbonyl (C=O) groups is 3. The smallest absolute Gasteiger partial charge is 0.308 e. The van der Waals surface area contributed by atoms with E-state index in [1.807, 2.05) is 0 Å². The van der Waals surface area contributed by atoms with Crippen LogP contribution in [0.5, 0.6) is 0 Å². The van der Waals surface area contributed by atoms with Gasteiger partial charge in [0.05, 0.1) is 17.5 Å². The van der Waals surface area contributed by atoms with Crippen LogP contribution in [-0.2, 0) is 14.4 Å². The average molecular weight is 260 g/mol. The third-order valence-electron chi connectivity index (χ3n) is 2.55. The number of nitrogens with zero attached hydrogens (tertiary/aromatic N) is 2. The molecule has 1 heterocycles. The summed E-state index contributed by atoms with van der Waals surface area (Å²) in [4.78, 5) is 36.5. The molecule has 1 saturated heterocycles. The molecule has 0 aromatic heterocycles. The summed E-state index contributed by atoms with van der Waals surface area (Å²) in [6.45, 7) is 1.74. The normalized spacial score (nSPS) is 17.1. The van der Waals surface area contributed by atoms with E-state index in [1.54, 1.807) is 14.0 Å². The van der Waals surface area contributed by atoms with Crippen molar-refractivity contribution in [3.05, 3.63) is 0 Å². The monoisotopic (exact) mass is 260 g/mol. The molecule has 1 aliphatic rings. The van der Waals surface area contributed by atoms with E-state index in [1.165, 1.54) is 21.6 Å². The molecule has 96 valence electrons. The van der Waals surface area contributed by atoms with Gasteiger partial charge in [0.15, 0.2) is 0 Å². The number of carboxylic acid groups (broad SMARTS) is 1. The first-order valence-electron chi connectivity index (χ1n) is 5.24. The highest BCUT2D eigenvalue weighted by Gasteiger charge is 2.25. The molecule has 0 radical (unpaired) electrons. The lowest BCUT2D eigenvalue weighted by Crippen LogP contribution is -2.41. The third kappa shape index (κ3) is 3.92. The first kappa shape index (κ1) is 13.8. The molecule has 0 bridgehead atoms. The summed E-state index contributed by atoms with van der Waals surface area (Å²) in [6, 6.07) is 0. The molecule has 6 nitrogen and oxygen atoms in total. The van der Waals surface area contributed by atoms with Crippen LogP contribution in [-0.4, -0.2) is 64.5 Å². The molecule has 0 aromatic carbocycles. The van der Waals surface area contributed by atoms with Gasteiger partial charge in [-0.25, -0.2) is 0 Å². The lowest BCUT2D eigenvalue weighted by molar-refractivity contribution is -0.143. The summed E-state index contributed by atoms with van der Waals surface area (Å²) in [7, 11) is 1.55. The molecule has 2 amide bonds. The Bertz CT molecular complexity index is 334. The maximum atomic E-state index is 11.7. The Morgan fingerprint density at radius 1 is 1.59 bits per heavy atom. The first-order chi connectivity index (χ1) is 7.91. The number of hydrogen-bond donors (Lipinski definition) is 1. The van der Waals surface area contributed by atoms with Crippen LogP contribution in [0.2, 0.25) is 0 Å². The zero-order valence-electron chi connectivity index (χ0n) is 9.88. The molecule has 0 unspecified atom stereocenters. The molecule has 17 heavy (non-hydrogen) atoms. The van der Waals surface area contributed by atoms with Gasteiger partial charge in [-0.1, -0.05) is 6.92 Å². The van der Waals surface area contributed by atoms with E-state index in [9.17, 15) is 14.4 Å². The summed E-state index contributed by atoms with van der Waals surface area (Å²) in [6.07, 6.45) is 0. The maximum Gasteiger partial charge on any atom is 0.308 e. The highest BCUT2D eigenvalue weighted by atomic mass is 32.2. The van der Waals surface area contributed by atoms with Crippen molar-refractivity contribution < 1.29 is 19.5 Å². The summed E-state index contributed by atoms with van der Waals surface area (Å²) >= 11 is 1.47. The topological polar surface area (TPSA) is 77.9 Å². The molecule has 1 N–H and O–H groups in total. The van der Waals surface area contributed by atoms with Crippen molar-refractivity contribution in [1.82, 2.24) is 9.80 Å². The SMILES string of the molecule is C[C@H](CN(C)C(=O)CN1CSCC1=O)C(=O)O. The number of carbonyl (C=O) groups excluding carboxylic acids is 2. The Labute approximate surface area is 104 Å². The van der Waals surface area contributed by atoms with E-state index in [0.717, 1.165) is 0 Å². The molecular weight excluding hydrogens is 244 g/mol. The van der Waals surface area contributed by atoms with Crippen molar-refractivity contribution in [2.45, 2.75) is 6.92 Å². The molecule has 0 aromatic rings. The number of aliphatic carboxylic acids is 1. The van der Waals surface area contributed by atoms with Crippen LogP contribution in [0.4, 0.5) is 0 Å². The van der Waals surface area contributed by atoms with Crippen molar-refractivity contribution in [1.29, 1.82) is 0 Å². The van der Waals surface area contributed by atoms with Gasteiger partial charge in [-0.2, -0.15) is 0 Å². The molecule has 1 aliphatic heterocycles. The van der Waals surface area contributed by atoms with Gasteiger partial charge in [-0.05, 0) is 0 Å². The standard InChI is InChI=1S/C10H16N2O4S/c1-7(10(15)16)3-11(2)8(13)4-12-6-17-5-9(12)14/h7H,3-6H2,1-2H3,(H,15,16)/t7-/m1/s1. The Kier molecular flexibility index (Phi) is 4.80. The van der Waals surface area contributed by atoms with Crippen molar-refractivity contribution in [3.8, 4) is 0 Å². The van der Waals surface area contributed by atoms with Crippen LogP contribution in [0.15, 0.2) is 0 Å². The number of thioether (sulfide) groups is 1. The van der Waals surface area contributed by atoms with E-state index in [-0.39, 0.29) is 24.9 Å². The Morgan fingerprint density at radius 2 is 2.24 bits per heavy atom. The van der Waals surface area contributed by atoms with Gasteiger partial charge in [0.2, 0.25) is 11.8 Å². The largest absolute Gasteiger partial charge is 0.481 e. The van der Waals surface area contributed by atoms with Crippen LogP contribution in [0.25, 0.3) is 0 Å². The molecule has 1 rings (SSSR count). The van der Waals surface area contributed by atoms with Gasteiger partial charge in [-0.15, -0.1) is 11.8 Å². The fourth-order valence-electron chi connectivity index (χ4n) is 1.41. The van der Waals surface area contributed by atoms with Crippen LogP contribution >= 0.6 is 11.8 Å².